The minimum Gasteiger partial charge on any atom is -0.288 e. The zero-order chi connectivity index (χ0) is 13.7. The number of carbonyl (C=O) groups is 1. The second kappa shape index (κ2) is 6.38. The molecule has 1 heterocycles. The fourth-order valence-electron chi connectivity index (χ4n) is 1.17. The molecule has 0 fully saturated rings. The summed E-state index contributed by atoms with van der Waals surface area (Å²) >= 11 is 6.73. The number of thioether (sulfide) groups is 1. The third-order valence-corrected chi connectivity index (χ3v) is 2.99. The van der Waals surface area contributed by atoms with Gasteiger partial charge in [0.05, 0.1) is 16.2 Å². The van der Waals surface area contributed by atoms with Gasteiger partial charge in [-0.25, -0.2) is 4.98 Å². The van der Waals surface area contributed by atoms with Gasteiger partial charge in [0.15, 0.2) is 5.12 Å². The topological polar surface area (TPSA) is 73.1 Å². The molecule has 0 saturated heterocycles. The van der Waals surface area contributed by atoms with Gasteiger partial charge in [-0.2, -0.15) is 0 Å². The molecule has 0 aromatic carbocycles. The highest BCUT2D eigenvalue weighted by Gasteiger charge is 2.19. The van der Waals surface area contributed by atoms with Crippen LogP contribution >= 0.6 is 23.4 Å². The van der Waals surface area contributed by atoms with E-state index >= 15 is 0 Å². The summed E-state index contributed by atoms with van der Waals surface area (Å²) in [5, 5.41) is 10.6. The SMILES string of the molecule is CC(=O)SCC#Cc1cnc(Cl)c([N+](=O)[O-])c1C. The molecule has 0 radical (unpaired) electrons. The summed E-state index contributed by atoms with van der Waals surface area (Å²) in [7, 11) is 0. The van der Waals surface area contributed by atoms with Crippen LogP contribution in [0.4, 0.5) is 5.69 Å². The third-order valence-electron chi connectivity index (χ3n) is 2.01. The van der Waals surface area contributed by atoms with E-state index in [2.05, 4.69) is 16.8 Å². The maximum atomic E-state index is 10.8. The summed E-state index contributed by atoms with van der Waals surface area (Å²) in [5.41, 5.74) is 0.582. The largest absolute Gasteiger partial charge is 0.310 e. The minimum absolute atomic E-state index is 0.0266. The zero-order valence-corrected chi connectivity index (χ0v) is 11.3. The standard InChI is InChI=1S/C11H9ClN2O3S/c1-7-9(4-3-5-18-8(2)15)6-13-11(12)10(7)14(16)17/h6H,5H2,1-2H3. The Bertz CT molecular complexity index is 563. The molecule has 1 aromatic rings. The van der Waals surface area contributed by atoms with Gasteiger partial charge in [0.25, 0.3) is 0 Å². The first-order valence-corrected chi connectivity index (χ1v) is 6.21. The minimum atomic E-state index is -0.583. The van der Waals surface area contributed by atoms with Crippen LogP contribution in [0.15, 0.2) is 6.20 Å². The summed E-state index contributed by atoms with van der Waals surface area (Å²) < 4.78 is 0. The Kier molecular flexibility index (Phi) is 5.13. The van der Waals surface area contributed by atoms with E-state index in [9.17, 15) is 14.9 Å². The molecule has 1 aromatic heterocycles. The maximum absolute atomic E-state index is 10.8. The molecule has 0 N–H and O–H groups in total. The summed E-state index contributed by atoms with van der Waals surface area (Å²) in [5.74, 6) is 5.83. The lowest BCUT2D eigenvalue weighted by Gasteiger charge is -2.00. The molecule has 0 bridgehead atoms. The van der Waals surface area contributed by atoms with Crippen LogP contribution in [0.2, 0.25) is 5.15 Å². The first-order valence-electron chi connectivity index (χ1n) is 4.85. The monoisotopic (exact) mass is 284 g/mol. The van der Waals surface area contributed by atoms with Gasteiger partial charge in [0.2, 0.25) is 5.15 Å². The van der Waals surface area contributed by atoms with Crippen LogP contribution in [-0.2, 0) is 4.79 Å². The lowest BCUT2D eigenvalue weighted by atomic mass is 10.1. The second-order valence-electron chi connectivity index (χ2n) is 3.28. The lowest BCUT2D eigenvalue weighted by molar-refractivity contribution is -0.385. The number of aromatic nitrogens is 1. The molecule has 5 nitrogen and oxygen atoms in total. The number of pyridine rings is 1. The first-order chi connectivity index (χ1) is 8.43. The molecule has 0 aliphatic carbocycles. The average molecular weight is 285 g/mol. The number of nitrogens with zero attached hydrogens (tertiary/aromatic N) is 2. The predicted octanol–water partition coefficient (Wildman–Crippen LogP) is 2.58. The van der Waals surface area contributed by atoms with Gasteiger partial charge in [-0.15, -0.1) is 0 Å². The first kappa shape index (κ1) is 14.5. The van der Waals surface area contributed by atoms with Gasteiger partial charge in [0, 0.05) is 18.7 Å². The smallest absolute Gasteiger partial charge is 0.288 e. The molecule has 18 heavy (non-hydrogen) atoms. The Morgan fingerprint density at radius 2 is 2.33 bits per heavy atom. The van der Waals surface area contributed by atoms with Gasteiger partial charge >= 0.3 is 5.69 Å². The average Bonchev–Trinajstić information content (AvgIpc) is 2.26. The number of hydrogen-bond donors (Lipinski definition) is 0. The van der Waals surface area contributed by atoms with Crippen molar-refractivity contribution in [2.75, 3.05) is 5.75 Å². The molecule has 1 rings (SSSR count). The van der Waals surface area contributed by atoms with Crippen LogP contribution < -0.4 is 0 Å². The summed E-state index contributed by atoms with van der Waals surface area (Å²) in [6.07, 6.45) is 1.39. The van der Waals surface area contributed by atoms with Crippen molar-refractivity contribution in [3.63, 3.8) is 0 Å². The maximum Gasteiger partial charge on any atom is 0.310 e. The fraction of sp³-hybridized carbons (Fsp3) is 0.273. The zero-order valence-electron chi connectivity index (χ0n) is 9.69. The lowest BCUT2D eigenvalue weighted by Crippen LogP contribution is -1.97. The van der Waals surface area contributed by atoms with Crippen molar-refractivity contribution in [2.45, 2.75) is 13.8 Å². The summed E-state index contributed by atoms with van der Waals surface area (Å²) in [6.45, 7) is 3.01. The van der Waals surface area contributed by atoms with E-state index in [1.165, 1.54) is 13.1 Å². The van der Waals surface area contributed by atoms with Gasteiger partial charge < -0.3 is 0 Å². The highest BCUT2D eigenvalue weighted by Crippen LogP contribution is 2.27. The predicted molar refractivity (Wildman–Crippen MR) is 70.7 cm³/mol. The van der Waals surface area contributed by atoms with E-state index < -0.39 is 4.92 Å². The van der Waals surface area contributed by atoms with Crippen LogP contribution in [0.5, 0.6) is 0 Å². The molecule has 0 amide bonds. The molecular weight excluding hydrogens is 276 g/mol. The van der Waals surface area contributed by atoms with E-state index in [1.54, 1.807) is 6.92 Å². The van der Waals surface area contributed by atoms with Gasteiger partial charge in [-0.1, -0.05) is 35.2 Å². The number of carbonyl (C=O) groups excluding carboxylic acids is 1. The summed E-state index contributed by atoms with van der Waals surface area (Å²) in [4.78, 5) is 24.6. The molecule has 0 atom stereocenters. The number of hydrogen-bond acceptors (Lipinski definition) is 5. The van der Waals surface area contributed by atoms with Crippen molar-refractivity contribution in [2.24, 2.45) is 0 Å². The van der Waals surface area contributed by atoms with Crippen LogP contribution in [0.25, 0.3) is 0 Å². The van der Waals surface area contributed by atoms with Crippen molar-refractivity contribution in [1.29, 1.82) is 0 Å². The Balaban J connectivity index is 3.01. The molecule has 0 aliphatic heterocycles. The highest BCUT2D eigenvalue weighted by atomic mass is 35.5. The van der Waals surface area contributed by atoms with Crippen LogP contribution in [0, 0.1) is 28.9 Å². The van der Waals surface area contributed by atoms with Crippen molar-refractivity contribution >= 4 is 34.2 Å². The quantitative estimate of drug-likeness (QED) is 0.361. The van der Waals surface area contributed by atoms with Crippen molar-refractivity contribution in [3.05, 3.63) is 32.6 Å². The molecule has 0 unspecified atom stereocenters. The number of halogens is 1. The molecule has 0 saturated carbocycles. The Morgan fingerprint density at radius 1 is 1.67 bits per heavy atom. The molecule has 0 aliphatic rings. The van der Waals surface area contributed by atoms with Crippen molar-refractivity contribution < 1.29 is 9.72 Å². The highest BCUT2D eigenvalue weighted by molar-refractivity contribution is 8.13. The molecular formula is C11H9ClN2O3S. The van der Waals surface area contributed by atoms with Gasteiger partial charge in [0.1, 0.15) is 0 Å². The molecule has 94 valence electrons. The number of nitro groups is 1. The molecule has 7 heteroatoms. The van der Waals surface area contributed by atoms with E-state index in [4.69, 9.17) is 11.6 Å². The normalized spacial score (nSPS) is 9.50. The Hall–Kier alpha value is -1.58. The van der Waals surface area contributed by atoms with Crippen molar-refractivity contribution in [1.82, 2.24) is 4.98 Å². The fourth-order valence-corrected chi connectivity index (χ4v) is 1.78. The van der Waals surface area contributed by atoms with Crippen LogP contribution in [-0.4, -0.2) is 20.8 Å². The van der Waals surface area contributed by atoms with E-state index in [1.807, 2.05) is 0 Å². The van der Waals surface area contributed by atoms with Gasteiger partial charge in [-0.3, -0.25) is 14.9 Å². The second-order valence-corrected chi connectivity index (χ2v) is 4.79. The number of rotatable bonds is 2. The van der Waals surface area contributed by atoms with Crippen LogP contribution in [0.1, 0.15) is 18.1 Å². The Labute approximate surface area is 113 Å². The van der Waals surface area contributed by atoms with Crippen LogP contribution in [0.3, 0.4) is 0 Å². The van der Waals surface area contributed by atoms with E-state index in [-0.39, 0.29) is 16.0 Å². The molecule has 0 spiro atoms. The third kappa shape index (κ3) is 3.72. The van der Waals surface area contributed by atoms with Gasteiger partial charge in [-0.05, 0) is 6.92 Å². The van der Waals surface area contributed by atoms with E-state index in [0.29, 0.717) is 16.9 Å². The van der Waals surface area contributed by atoms with E-state index in [0.717, 1.165) is 11.8 Å². The Morgan fingerprint density at radius 3 is 2.89 bits per heavy atom. The van der Waals surface area contributed by atoms with Crippen molar-refractivity contribution in [3.8, 4) is 11.8 Å². The summed E-state index contributed by atoms with van der Waals surface area (Å²) in [6, 6.07) is 0.